The van der Waals surface area contributed by atoms with E-state index in [2.05, 4.69) is 48.5 Å². The second-order valence-electron chi connectivity index (χ2n) is 4.75. The van der Waals surface area contributed by atoms with Crippen LogP contribution in [0.1, 0.15) is 51.5 Å². The average molecular weight is 380 g/mol. The SMILES string of the molecule is CCC(C)NC(=NC)NCc1cc(C(C)C)no1.I. The van der Waals surface area contributed by atoms with Crippen LogP contribution in [0.5, 0.6) is 0 Å². The Morgan fingerprint density at radius 1 is 1.42 bits per heavy atom. The highest BCUT2D eigenvalue weighted by Crippen LogP contribution is 2.13. The molecule has 0 aliphatic rings. The summed E-state index contributed by atoms with van der Waals surface area (Å²) in [6, 6.07) is 2.38. The van der Waals surface area contributed by atoms with Gasteiger partial charge in [0.25, 0.3) is 0 Å². The Bertz CT molecular complexity index is 390. The van der Waals surface area contributed by atoms with Gasteiger partial charge in [0, 0.05) is 19.2 Å². The highest BCUT2D eigenvalue weighted by Gasteiger charge is 2.08. The van der Waals surface area contributed by atoms with Crippen molar-refractivity contribution in [2.24, 2.45) is 4.99 Å². The lowest BCUT2D eigenvalue weighted by atomic mass is 10.1. The Labute approximate surface area is 132 Å². The molecule has 1 atom stereocenters. The predicted octanol–water partition coefficient (Wildman–Crippen LogP) is 2.88. The van der Waals surface area contributed by atoms with Gasteiger partial charge in [-0.05, 0) is 19.3 Å². The first-order chi connectivity index (χ1) is 8.56. The van der Waals surface area contributed by atoms with Gasteiger partial charge in [0.2, 0.25) is 0 Å². The number of aromatic nitrogens is 1. The summed E-state index contributed by atoms with van der Waals surface area (Å²) in [5.74, 6) is 2.00. The van der Waals surface area contributed by atoms with E-state index in [1.807, 2.05) is 6.07 Å². The van der Waals surface area contributed by atoms with Crippen LogP contribution in [0, 0.1) is 0 Å². The van der Waals surface area contributed by atoms with Crippen LogP contribution in [0.2, 0.25) is 0 Å². The first kappa shape index (κ1) is 18.2. The molecule has 1 aromatic heterocycles. The molecule has 0 radical (unpaired) electrons. The summed E-state index contributed by atoms with van der Waals surface area (Å²) in [7, 11) is 1.76. The van der Waals surface area contributed by atoms with Crippen molar-refractivity contribution in [1.29, 1.82) is 0 Å². The fourth-order valence-corrected chi connectivity index (χ4v) is 1.39. The maximum atomic E-state index is 5.26. The lowest BCUT2D eigenvalue weighted by Gasteiger charge is -2.15. The Balaban J connectivity index is 0.00000324. The number of nitrogens with one attached hydrogen (secondary N) is 2. The molecular weight excluding hydrogens is 355 g/mol. The quantitative estimate of drug-likeness (QED) is 0.469. The van der Waals surface area contributed by atoms with Crippen LogP contribution in [-0.2, 0) is 6.54 Å². The summed E-state index contributed by atoms with van der Waals surface area (Å²) in [6.07, 6.45) is 1.06. The number of rotatable bonds is 5. The zero-order valence-electron chi connectivity index (χ0n) is 12.4. The van der Waals surface area contributed by atoms with E-state index in [1.165, 1.54) is 0 Å². The molecule has 0 aliphatic heterocycles. The minimum absolute atomic E-state index is 0. The molecule has 1 heterocycles. The molecule has 0 bridgehead atoms. The van der Waals surface area contributed by atoms with Crippen LogP contribution in [0.3, 0.4) is 0 Å². The first-order valence-electron chi connectivity index (χ1n) is 6.49. The van der Waals surface area contributed by atoms with Crippen molar-refractivity contribution in [1.82, 2.24) is 15.8 Å². The molecular formula is C13H25IN4O. The van der Waals surface area contributed by atoms with E-state index < -0.39 is 0 Å². The number of hydrogen-bond acceptors (Lipinski definition) is 3. The van der Waals surface area contributed by atoms with Crippen LogP contribution in [0.4, 0.5) is 0 Å². The molecule has 19 heavy (non-hydrogen) atoms. The van der Waals surface area contributed by atoms with Gasteiger partial charge < -0.3 is 15.2 Å². The molecule has 0 spiro atoms. The minimum atomic E-state index is 0. The van der Waals surface area contributed by atoms with Crippen LogP contribution in [-0.4, -0.2) is 24.2 Å². The molecule has 0 aliphatic carbocycles. The van der Waals surface area contributed by atoms with Crippen molar-refractivity contribution < 1.29 is 4.52 Å². The zero-order chi connectivity index (χ0) is 13.5. The molecule has 1 aromatic rings. The number of nitrogens with zero attached hydrogens (tertiary/aromatic N) is 2. The van der Waals surface area contributed by atoms with Gasteiger partial charge in [-0.25, -0.2) is 0 Å². The van der Waals surface area contributed by atoms with Crippen LogP contribution in [0.25, 0.3) is 0 Å². The number of aliphatic imine (C=N–C) groups is 1. The summed E-state index contributed by atoms with van der Waals surface area (Å²) in [4.78, 5) is 4.17. The maximum Gasteiger partial charge on any atom is 0.191 e. The Morgan fingerprint density at radius 3 is 2.58 bits per heavy atom. The summed E-state index contributed by atoms with van der Waals surface area (Å²) in [5, 5.41) is 10.5. The van der Waals surface area contributed by atoms with Gasteiger partial charge in [-0.1, -0.05) is 25.9 Å². The van der Waals surface area contributed by atoms with E-state index in [4.69, 9.17) is 4.52 Å². The Hall–Kier alpha value is -0.790. The monoisotopic (exact) mass is 380 g/mol. The molecule has 0 aromatic carbocycles. The third-order valence-corrected chi connectivity index (χ3v) is 2.82. The largest absolute Gasteiger partial charge is 0.359 e. The van der Waals surface area contributed by atoms with E-state index in [0.717, 1.165) is 23.8 Å². The molecule has 110 valence electrons. The molecule has 5 nitrogen and oxygen atoms in total. The van der Waals surface area contributed by atoms with Crippen molar-refractivity contribution in [3.8, 4) is 0 Å². The van der Waals surface area contributed by atoms with E-state index in [0.29, 0.717) is 18.5 Å². The van der Waals surface area contributed by atoms with E-state index in [1.54, 1.807) is 7.05 Å². The maximum absolute atomic E-state index is 5.26. The van der Waals surface area contributed by atoms with Gasteiger partial charge >= 0.3 is 0 Å². The van der Waals surface area contributed by atoms with Gasteiger partial charge in [0.05, 0.1) is 12.2 Å². The zero-order valence-corrected chi connectivity index (χ0v) is 14.7. The van der Waals surface area contributed by atoms with Crippen molar-refractivity contribution in [2.75, 3.05) is 7.05 Å². The van der Waals surface area contributed by atoms with Crippen molar-refractivity contribution >= 4 is 29.9 Å². The van der Waals surface area contributed by atoms with Gasteiger partial charge in [0.1, 0.15) is 0 Å². The smallest absolute Gasteiger partial charge is 0.191 e. The van der Waals surface area contributed by atoms with Crippen molar-refractivity contribution in [3.05, 3.63) is 17.5 Å². The molecule has 2 N–H and O–H groups in total. The van der Waals surface area contributed by atoms with Crippen LogP contribution < -0.4 is 10.6 Å². The highest BCUT2D eigenvalue weighted by molar-refractivity contribution is 14.0. The Morgan fingerprint density at radius 2 is 2.11 bits per heavy atom. The highest BCUT2D eigenvalue weighted by atomic mass is 127. The van der Waals surface area contributed by atoms with E-state index >= 15 is 0 Å². The summed E-state index contributed by atoms with van der Waals surface area (Å²) in [5.41, 5.74) is 0.983. The second kappa shape index (κ2) is 9.17. The normalized spacial score (nSPS) is 13.1. The Kier molecular flexibility index (Phi) is 8.79. The van der Waals surface area contributed by atoms with Crippen LogP contribution >= 0.6 is 24.0 Å². The molecule has 1 rings (SSSR count). The summed E-state index contributed by atoms with van der Waals surface area (Å²) >= 11 is 0. The average Bonchev–Trinajstić information content (AvgIpc) is 2.83. The molecule has 1 unspecified atom stereocenters. The number of guanidine groups is 1. The molecule has 0 amide bonds. The number of hydrogen-bond donors (Lipinski definition) is 2. The van der Waals surface area contributed by atoms with Gasteiger partial charge in [-0.3, -0.25) is 4.99 Å². The summed E-state index contributed by atoms with van der Waals surface area (Å²) in [6.45, 7) is 9.04. The molecule has 6 heteroatoms. The van der Waals surface area contributed by atoms with Gasteiger partial charge in [-0.2, -0.15) is 0 Å². The van der Waals surface area contributed by atoms with Crippen LogP contribution in [0.15, 0.2) is 15.6 Å². The number of halogens is 1. The van der Waals surface area contributed by atoms with Gasteiger partial charge in [-0.15, -0.1) is 24.0 Å². The molecule has 0 fully saturated rings. The third kappa shape index (κ3) is 6.26. The topological polar surface area (TPSA) is 62.5 Å². The van der Waals surface area contributed by atoms with Gasteiger partial charge in [0.15, 0.2) is 11.7 Å². The fourth-order valence-electron chi connectivity index (χ4n) is 1.39. The predicted molar refractivity (Wildman–Crippen MR) is 89.1 cm³/mol. The third-order valence-electron chi connectivity index (χ3n) is 2.82. The van der Waals surface area contributed by atoms with E-state index in [-0.39, 0.29) is 24.0 Å². The summed E-state index contributed by atoms with van der Waals surface area (Å²) < 4.78 is 5.26. The fraction of sp³-hybridized carbons (Fsp3) is 0.692. The molecule has 0 saturated carbocycles. The van der Waals surface area contributed by atoms with Crippen molar-refractivity contribution in [2.45, 2.75) is 52.6 Å². The standard InChI is InChI=1S/C13H24N4O.HI/c1-6-10(4)16-13(14-5)15-8-11-7-12(9(2)3)17-18-11;/h7,9-10H,6,8H2,1-5H3,(H2,14,15,16);1H. The molecule has 0 saturated heterocycles. The van der Waals surface area contributed by atoms with E-state index in [9.17, 15) is 0 Å². The van der Waals surface area contributed by atoms with Crippen molar-refractivity contribution in [3.63, 3.8) is 0 Å². The minimum Gasteiger partial charge on any atom is -0.359 e. The lowest BCUT2D eigenvalue weighted by Crippen LogP contribution is -2.41. The second-order valence-corrected chi connectivity index (χ2v) is 4.75. The first-order valence-corrected chi connectivity index (χ1v) is 6.49. The lowest BCUT2D eigenvalue weighted by molar-refractivity contribution is 0.371.